The van der Waals surface area contributed by atoms with Crippen molar-refractivity contribution in [2.75, 3.05) is 7.11 Å². The van der Waals surface area contributed by atoms with E-state index in [1.165, 1.54) is 18.9 Å². The fourth-order valence-electron chi connectivity index (χ4n) is 2.76. The molecule has 1 aromatic carbocycles. The number of hydrogen-bond donors (Lipinski definition) is 1. The van der Waals surface area contributed by atoms with Gasteiger partial charge in [0.15, 0.2) is 0 Å². The summed E-state index contributed by atoms with van der Waals surface area (Å²) in [4.78, 5) is 12.2. The average Bonchev–Trinajstić information content (AvgIpc) is 2.97. The highest BCUT2D eigenvalue weighted by molar-refractivity contribution is 5.90. The second-order valence-electron chi connectivity index (χ2n) is 6.03. The Kier molecular flexibility index (Phi) is 5.61. The Morgan fingerprint density at radius 2 is 2.00 bits per heavy atom. The summed E-state index contributed by atoms with van der Waals surface area (Å²) in [7, 11) is 1.36. The van der Waals surface area contributed by atoms with E-state index in [2.05, 4.69) is 6.07 Å². The molecule has 0 spiro atoms. The molecular weight excluding hydrogens is 292 g/mol. The van der Waals surface area contributed by atoms with Crippen LogP contribution in [0.15, 0.2) is 47.2 Å². The molecule has 0 aromatic heterocycles. The van der Waals surface area contributed by atoms with Crippen LogP contribution in [0, 0.1) is 0 Å². The SMILES string of the molecule is COC(=O)/C(=C/OC(O)C(C)=C(C)C)C1CCc2ccccc21. The molecule has 4 nitrogen and oxygen atoms in total. The first kappa shape index (κ1) is 17.3. The number of hydrogen-bond acceptors (Lipinski definition) is 4. The summed E-state index contributed by atoms with van der Waals surface area (Å²) in [5.41, 5.74) is 4.53. The van der Waals surface area contributed by atoms with Crippen molar-refractivity contribution < 1.29 is 19.4 Å². The summed E-state index contributed by atoms with van der Waals surface area (Å²) >= 11 is 0. The van der Waals surface area contributed by atoms with Crippen molar-refractivity contribution in [3.8, 4) is 0 Å². The monoisotopic (exact) mass is 316 g/mol. The van der Waals surface area contributed by atoms with E-state index in [-0.39, 0.29) is 5.92 Å². The molecule has 0 heterocycles. The van der Waals surface area contributed by atoms with Crippen molar-refractivity contribution in [1.29, 1.82) is 0 Å². The molecule has 0 bridgehead atoms. The summed E-state index contributed by atoms with van der Waals surface area (Å²) in [6, 6.07) is 8.07. The lowest BCUT2D eigenvalue weighted by Crippen LogP contribution is -2.16. The predicted molar refractivity (Wildman–Crippen MR) is 88.7 cm³/mol. The molecule has 0 radical (unpaired) electrons. The second kappa shape index (κ2) is 7.47. The molecule has 0 saturated heterocycles. The normalized spacial score (nSPS) is 18.1. The Bertz CT molecular complexity index is 639. The molecule has 0 fully saturated rings. The van der Waals surface area contributed by atoms with E-state index in [0.29, 0.717) is 5.57 Å². The van der Waals surface area contributed by atoms with Crippen LogP contribution in [0.2, 0.25) is 0 Å². The zero-order valence-electron chi connectivity index (χ0n) is 14.1. The summed E-state index contributed by atoms with van der Waals surface area (Å²) in [5.74, 6) is -0.480. The zero-order valence-corrected chi connectivity index (χ0v) is 14.1. The highest BCUT2D eigenvalue weighted by Crippen LogP contribution is 2.38. The maximum absolute atomic E-state index is 12.2. The van der Waals surface area contributed by atoms with Gasteiger partial charge >= 0.3 is 5.97 Å². The van der Waals surface area contributed by atoms with Crippen molar-refractivity contribution in [1.82, 2.24) is 0 Å². The van der Waals surface area contributed by atoms with Crippen LogP contribution in [0.4, 0.5) is 0 Å². The summed E-state index contributed by atoms with van der Waals surface area (Å²) < 4.78 is 10.3. The van der Waals surface area contributed by atoms with Gasteiger partial charge in [-0.1, -0.05) is 29.8 Å². The van der Waals surface area contributed by atoms with Gasteiger partial charge in [-0.05, 0) is 50.3 Å². The fraction of sp³-hybridized carbons (Fsp3) is 0.421. The van der Waals surface area contributed by atoms with E-state index in [1.807, 2.05) is 32.0 Å². The van der Waals surface area contributed by atoms with Gasteiger partial charge in [0.25, 0.3) is 0 Å². The Labute approximate surface area is 137 Å². The van der Waals surface area contributed by atoms with E-state index in [9.17, 15) is 9.90 Å². The number of ether oxygens (including phenoxy) is 2. The Balaban J connectivity index is 2.27. The quantitative estimate of drug-likeness (QED) is 0.297. The summed E-state index contributed by atoms with van der Waals surface area (Å²) in [6.07, 6.45) is 2.05. The molecule has 1 aliphatic rings. The Hall–Kier alpha value is -2.07. The van der Waals surface area contributed by atoms with Crippen LogP contribution < -0.4 is 0 Å². The van der Waals surface area contributed by atoms with Crippen LogP contribution in [0.3, 0.4) is 0 Å². The minimum absolute atomic E-state index is 0.0575. The van der Waals surface area contributed by atoms with Crippen LogP contribution in [0.1, 0.15) is 44.2 Å². The third-order valence-corrected chi connectivity index (χ3v) is 4.41. The van der Waals surface area contributed by atoms with Crippen LogP contribution in [0.5, 0.6) is 0 Å². The largest absolute Gasteiger partial charge is 0.468 e. The topological polar surface area (TPSA) is 55.8 Å². The van der Waals surface area contributed by atoms with Gasteiger partial charge in [0.1, 0.15) is 0 Å². The van der Waals surface area contributed by atoms with Crippen molar-refractivity contribution in [3.05, 3.63) is 58.4 Å². The van der Waals surface area contributed by atoms with E-state index < -0.39 is 12.3 Å². The first-order valence-corrected chi connectivity index (χ1v) is 7.79. The molecule has 1 aromatic rings. The molecule has 2 rings (SSSR count). The van der Waals surface area contributed by atoms with Crippen LogP contribution in [-0.2, 0) is 20.7 Å². The molecule has 0 saturated carbocycles. The van der Waals surface area contributed by atoms with Gasteiger partial charge in [-0.15, -0.1) is 0 Å². The molecule has 124 valence electrons. The summed E-state index contributed by atoms with van der Waals surface area (Å²) in [5, 5.41) is 10.1. The smallest absolute Gasteiger partial charge is 0.337 e. The van der Waals surface area contributed by atoms with Crippen molar-refractivity contribution in [2.24, 2.45) is 0 Å². The van der Waals surface area contributed by atoms with E-state index in [0.717, 1.165) is 29.6 Å². The van der Waals surface area contributed by atoms with Crippen molar-refractivity contribution in [2.45, 2.75) is 45.8 Å². The highest BCUT2D eigenvalue weighted by Gasteiger charge is 2.30. The lowest BCUT2D eigenvalue weighted by Gasteiger charge is -2.17. The Morgan fingerprint density at radius 3 is 2.65 bits per heavy atom. The number of carbonyl (C=O) groups is 1. The maximum atomic E-state index is 12.2. The lowest BCUT2D eigenvalue weighted by atomic mass is 9.93. The van der Waals surface area contributed by atoms with E-state index in [4.69, 9.17) is 9.47 Å². The maximum Gasteiger partial charge on any atom is 0.337 e. The molecule has 1 aliphatic carbocycles. The van der Waals surface area contributed by atoms with Crippen LogP contribution >= 0.6 is 0 Å². The molecule has 1 N–H and O–H groups in total. The number of aliphatic hydroxyl groups excluding tert-OH is 1. The first-order valence-electron chi connectivity index (χ1n) is 7.79. The number of carbonyl (C=O) groups excluding carboxylic acids is 1. The fourth-order valence-corrected chi connectivity index (χ4v) is 2.76. The molecule has 2 unspecified atom stereocenters. The number of aryl methyl sites for hydroxylation is 1. The first-order chi connectivity index (χ1) is 11.0. The van der Waals surface area contributed by atoms with Crippen LogP contribution in [-0.4, -0.2) is 24.5 Å². The zero-order chi connectivity index (χ0) is 17.0. The number of benzene rings is 1. The number of allylic oxidation sites excluding steroid dienone is 1. The van der Waals surface area contributed by atoms with Gasteiger partial charge in [-0.3, -0.25) is 0 Å². The minimum atomic E-state index is -1.06. The van der Waals surface area contributed by atoms with E-state index in [1.54, 1.807) is 6.92 Å². The number of aliphatic hydroxyl groups is 1. The van der Waals surface area contributed by atoms with Gasteiger partial charge in [0.2, 0.25) is 6.29 Å². The van der Waals surface area contributed by atoms with Gasteiger partial charge < -0.3 is 14.6 Å². The molecule has 2 atom stereocenters. The predicted octanol–water partition coefficient (Wildman–Crippen LogP) is 3.46. The molecule has 23 heavy (non-hydrogen) atoms. The minimum Gasteiger partial charge on any atom is -0.468 e. The van der Waals surface area contributed by atoms with Gasteiger partial charge in [0, 0.05) is 5.92 Å². The summed E-state index contributed by atoms with van der Waals surface area (Å²) in [6.45, 7) is 5.61. The molecule has 0 aliphatic heterocycles. The van der Waals surface area contributed by atoms with Crippen molar-refractivity contribution in [3.63, 3.8) is 0 Å². The molecular formula is C19H24O4. The molecule has 0 amide bonds. The highest BCUT2D eigenvalue weighted by atomic mass is 16.6. The second-order valence-corrected chi connectivity index (χ2v) is 6.03. The molecule has 4 heteroatoms. The third-order valence-electron chi connectivity index (χ3n) is 4.41. The standard InChI is InChI=1S/C19H24O4/c1-12(2)13(3)18(20)23-11-17(19(21)22-4)16-10-9-14-7-5-6-8-15(14)16/h5-8,11,16,18,20H,9-10H2,1-4H3/b17-11+. The third kappa shape index (κ3) is 3.82. The van der Waals surface area contributed by atoms with E-state index >= 15 is 0 Å². The average molecular weight is 316 g/mol. The van der Waals surface area contributed by atoms with Crippen LogP contribution in [0.25, 0.3) is 0 Å². The number of rotatable bonds is 5. The number of esters is 1. The number of fused-ring (bicyclic) bond motifs is 1. The van der Waals surface area contributed by atoms with Gasteiger partial charge in [0.05, 0.1) is 18.9 Å². The van der Waals surface area contributed by atoms with Gasteiger partial charge in [-0.2, -0.15) is 0 Å². The van der Waals surface area contributed by atoms with Gasteiger partial charge in [-0.25, -0.2) is 4.79 Å². The van der Waals surface area contributed by atoms with Crippen molar-refractivity contribution >= 4 is 5.97 Å². The Morgan fingerprint density at radius 1 is 1.30 bits per heavy atom. The number of methoxy groups -OCH3 is 1. The lowest BCUT2D eigenvalue weighted by molar-refractivity contribution is -0.136.